The van der Waals surface area contributed by atoms with Crippen LogP contribution in [-0.2, 0) is 4.79 Å². The Balaban J connectivity index is 1.71. The third-order valence-electron chi connectivity index (χ3n) is 5.58. The van der Waals surface area contributed by atoms with Crippen LogP contribution in [0.15, 0.2) is 42.5 Å². The molecule has 2 rings (SSSR count). The standard InChI is InChI=1S/C27H38N2O4/c1-4-5-6-7-8-9-10-11-12-13-26(30)28-22-15-17-23(18-16-22)29-27(31)21-14-19-24(32-2)25(20-21)33-3/h14-20H,4-13H2,1-3H3,(H,28,30)(H,29,31). The van der Waals surface area contributed by atoms with Crippen molar-refractivity contribution in [1.29, 1.82) is 0 Å². The average Bonchev–Trinajstić information content (AvgIpc) is 2.83. The second-order valence-corrected chi connectivity index (χ2v) is 8.23. The summed E-state index contributed by atoms with van der Waals surface area (Å²) < 4.78 is 10.5. The van der Waals surface area contributed by atoms with E-state index in [0.717, 1.165) is 18.5 Å². The van der Waals surface area contributed by atoms with E-state index in [4.69, 9.17) is 9.47 Å². The summed E-state index contributed by atoms with van der Waals surface area (Å²) in [4.78, 5) is 24.7. The summed E-state index contributed by atoms with van der Waals surface area (Å²) in [6.07, 6.45) is 11.6. The molecule has 2 amide bonds. The molecule has 2 N–H and O–H groups in total. The number of amides is 2. The SMILES string of the molecule is CCCCCCCCCCCC(=O)Nc1ccc(NC(=O)c2ccc(OC)c(OC)c2)cc1. The highest BCUT2D eigenvalue weighted by molar-refractivity contribution is 6.04. The average molecular weight is 455 g/mol. The highest BCUT2D eigenvalue weighted by atomic mass is 16.5. The molecule has 0 aliphatic heterocycles. The van der Waals surface area contributed by atoms with Gasteiger partial charge in [0.1, 0.15) is 0 Å². The summed E-state index contributed by atoms with van der Waals surface area (Å²) in [6, 6.07) is 12.1. The number of anilines is 2. The van der Waals surface area contributed by atoms with Crippen molar-refractivity contribution in [3.63, 3.8) is 0 Å². The van der Waals surface area contributed by atoms with Crippen LogP contribution in [0.1, 0.15) is 81.5 Å². The van der Waals surface area contributed by atoms with E-state index in [1.807, 2.05) is 0 Å². The molecule has 0 fully saturated rings. The molecule has 0 spiro atoms. The molecule has 0 unspecified atom stereocenters. The van der Waals surface area contributed by atoms with Gasteiger partial charge in [-0.3, -0.25) is 9.59 Å². The van der Waals surface area contributed by atoms with E-state index in [9.17, 15) is 9.59 Å². The quantitative estimate of drug-likeness (QED) is 0.290. The summed E-state index contributed by atoms with van der Waals surface area (Å²) in [5, 5.41) is 5.77. The van der Waals surface area contributed by atoms with Crippen LogP contribution in [0, 0.1) is 0 Å². The van der Waals surface area contributed by atoms with Gasteiger partial charge in [-0.15, -0.1) is 0 Å². The molecule has 0 aliphatic carbocycles. The number of carbonyl (C=O) groups is 2. The summed E-state index contributed by atoms with van der Waals surface area (Å²) in [7, 11) is 3.08. The third kappa shape index (κ3) is 9.56. The lowest BCUT2D eigenvalue weighted by molar-refractivity contribution is -0.116. The number of unbranched alkanes of at least 4 members (excludes halogenated alkanes) is 8. The van der Waals surface area contributed by atoms with E-state index in [1.165, 1.54) is 52.1 Å². The van der Waals surface area contributed by atoms with E-state index in [-0.39, 0.29) is 11.8 Å². The molecule has 0 atom stereocenters. The smallest absolute Gasteiger partial charge is 0.255 e. The molecular weight excluding hydrogens is 416 g/mol. The molecule has 2 aromatic rings. The lowest BCUT2D eigenvalue weighted by Crippen LogP contribution is -2.13. The maximum atomic E-state index is 12.5. The number of hydrogen-bond acceptors (Lipinski definition) is 4. The van der Waals surface area contributed by atoms with Crippen LogP contribution in [-0.4, -0.2) is 26.0 Å². The number of ether oxygens (including phenoxy) is 2. The van der Waals surface area contributed by atoms with Crippen molar-refractivity contribution in [2.75, 3.05) is 24.9 Å². The Morgan fingerprint density at radius 3 is 1.82 bits per heavy atom. The first-order chi connectivity index (χ1) is 16.1. The monoisotopic (exact) mass is 454 g/mol. The molecule has 0 aromatic heterocycles. The van der Waals surface area contributed by atoms with Crippen molar-refractivity contribution in [3.05, 3.63) is 48.0 Å². The van der Waals surface area contributed by atoms with Crippen molar-refractivity contribution in [2.24, 2.45) is 0 Å². The van der Waals surface area contributed by atoms with Gasteiger partial charge in [0.25, 0.3) is 5.91 Å². The molecule has 0 bridgehead atoms. The minimum absolute atomic E-state index is 0.0278. The van der Waals surface area contributed by atoms with Crippen LogP contribution in [0.25, 0.3) is 0 Å². The minimum Gasteiger partial charge on any atom is -0.493 e. The minimum atomic E-state index is -0.252. The van der Waals surface area contributed by atoms with Crippen LogP contribution < -0.4 is 20.1 Å². The van der Waals surface area contributed by atoms with Gasteiger partial charge in [-0.2, -0.15) is 0 Å². The predicted octanol–water partition coefficient (Wildman–Crippen LogP) is 6.82. The Hall–Kier alpha value is -3.02. The molecule has 0 saturated carbocycles. The molecule has 33 heavy (non-hydrogen) atoms. The van der Waals surface area contributed by atoms with Crippen LogP contribution in [0.4, 0.5) is 11.4 Å². The van der Waals surface area contributed by atoms with E-state index in [0.29, 0.717) is 29.2 Å². The fourth-order valence-corrected chi connectivity index (χ4v) is 3.64. The van der Waals surface area contributed by atoms with Crippen molar-refractivity contribution in [3.8, 4) is 11.5 Å². The molecular formula is C27H38N2O4. The summed E-state index contributed by atoms with van der Waals surface area (Å²) in [5.41, 5.74) is 1.83. The van der Waals surface area contributed by atoms with E-state index >= 15 is 0 Å². The molecule has 6 nitrogen and oxygen atoms in total. The van der Waals surface area contributed by atoms with Crippen molar-refractivity contribution >= 4 is 23.2 Å². The van der Waals surface area contributed by atoms with Gasteiger partial charge in [0, 0.05) is 23.4 Å². The predicted molar refractivity (Wildman–Crippen MR) is 134 cm³/mol. The molecule has 0 heterocycles. The Kier molecular flexibility index (Phi) is 11.9. The largest absolute Gasteiger partial charge is 0.493 e. The number of carbonyl (C=O) groups excluding carboxylic acids is 2. The zero-order valence-electron chi connectivity index (χ0n) is 20.2. The first-order valence-electron chi connectivity index (χ1n) is 12.0. The topological polar surface area (TPSA) is 76.7 Å². The highest BCUT2D eigenvalue weighted by Crippen LogP contribution is 2.28. The van der Waals surface area contributed by atoms with Gasteiger partial charge >= 0.3 is 0 Å². The number of methoxy groups -OCH3 is 2. The lowest BCUT2D eigenvalue weighted by Gasteiger charge is -2.11. The van der Waals surface area contributed by atoms with Crippen LogP contribution >= 0.6 is 0 Å². The van der Waals surface area contributed by atoms with Gasteiger partial charge in [-0.25, -0.2) is 0 Å². The molecule has 0 aliphatic rings. The molecule has 2 aromatic carbocycles. The Morgan fingerprint density at radius 1 is 0.697 bits per heavy atom. The Morgan fingerprint density at radius 2 is 1.24 bits per heavy atom. The van der Waals surface area contributed by atoms with Gasteiger partial charge in [0.15, 0.2) is 11.5 Å². The highest BCUT2D eigenvalue weighted by Gasteiger charge is 2.11. The van der Waals surface area contributed by atoms with E-state index in [1.54, 1.807) is 49.6 Å². The Labute approximate surface area is 198 Å². The van der Waals surface area contributed by atoms with Crippen molar-refractivity contribution < 1.29 is 19.1 Å². The second kappa shape index (κ2) is 14.9. The van der Waals surface area contributed by atoms with Gasteiger partial charge < -0.3 is 20.1 Å². The molecule has 6 heteroatoms. The van der Waals surface area contributed by atoms with Gasteiger partial charge in [0.2, 0.25) is 5.91 Å². The first-order valence-corrected chi connectivity index (χ1v) is 12.0. The van der Waals surface area contributed by atoms with Gasteiger partial charge in [-0.05, 0) is 48.9 Å². The molecule has 0 radical (unpaired) electrons. The van der Waals surface area contributed by atoms with Crippen molar-refractivity contribution in [2.45, 2.75) is 71.1 Å². The second-order valence-electron chi connectivity index (χ2n) is 8.23. The van der Waals surface area contributed by atoms with Crippen LogP contribution in [0.3, 0.4) is 0 Å². The number of benzene rings is 2. The lowest BCUT2D eigenvalue weighted by atomic mass is 10.1. The fraction of sp³-hybridized carbons (Fsp3) is 0.481. The molecule has 180 valence electrons. The van der Waals surface area contributed by atoms with Gasteiger partial charge in [0.05, 0.1) is 14.2 Å². The molecule has 0 saturated heterocycles. The van der Waals surface area contributed by atoms with E-state index < -0.39 is 0 Å². The summed E-state index contributed by atoms with van der Waals surface area (Å²) in [5.74, 6) is 0.838. The third-order valence-corrected chi connectivity index (χ3v) is 5.58. The summed E-state index contributed by atoms with van der Waals surface area (Å²) in [6.45, 7) is 2.24. The maximum absolute atomic E-state index is 12.5. The first kappa shape index (κ1) is 26.2. The number of rotatable bonds is 15. The normalized spacial score (nSPS) is 10.5. The number of hydrogen-bond donors (Lipinski definition) is 2. The zero-order chi connectivity index (χ0) is 23.9. The van der Waals surface area contributed by atoms with E-state index in [2.05, 4.69) is 17.6 Å². The zero-order valence-corrected chi connectivity index (χ0v) is 20.2. The van der Waals surface area contributed by atoms with Crippen molar-refractivity contribution in [1.82, 2.24) is 0 Å². The fourth-order valence-electron chi connectivity index (χ4n) is 3.64. The Bertz CT molecular complexity index is 865. The van der Waals surface area contributed by atoms with Crippen LogP contribution in [0.2, 0.25) is 0 Å². The maximum Gasteiger partial charge on any atom is 0.255 e. The number of nitrogens with one attached hydrogen (secondary N) is 2. The summed E-state index contributed by atoms with van der Waals surface area (Å²) >= 11 is 0. The van der Waals surface area contributed by atoms with Crippen LogP contribution in [0.5, 0.6) is 11.5 Å². The van der Waals surface area contributed by atoms with Gasteiger partial charge in [-0.1, -0.05) is 58.3 Å².